The molecule has 0 bridgehead atoms. The lowest BCUT2D eigenvalue weighted by atomic mass is 9.84. The van der Waals surface area contributed by atoms with Crippen molar-refractivity contribution in [2.24, 2.45) is 10.9 Å². The van der Waals surface area contributed by atoms with Gasteiger partial charge in [-0.25, -0.2) is 4.79 Å². The number of benzene rings is 4. The van der Waals surface area contributed by atoms with E-state index >= 15 is 0 Å². The number of nitrogens with two attached hydrogens (primary N) is 1. The van der Waals surface area contributed by atoms with E-state index in [0.717, 1.165) is 27.5 Å². The fourth-order valence-corrected chi connectivity index (χ4v) is 5.15. The highest BCUT2D eigenvalue weighted by Gasteiger charge is 2.59. The molecular weight excluding hydrogens is 492 g/mol. The first kappa shape index (κ1) is 25.7. The minimum Gasteiger partial charge on any atom is -0.469 e. The smallest absolute Gasteiger partial charge is 0.328 e. The molecule has 1 heterocycles. The van der Waals surface area contributed by atoms with Crippen LogP contribution in [0.5, 0.6) is 0 Å². The van der Waals surface area contributed by atoms with Gasteiger partial charge in [-0.15, -0.1) is 0 Å². The number of carbonyl (C=O) groups excluding carboxylic acids is 3. The Balaban J connectivity index is 1.59. The number of urea groups is 1. The molecule has 0 aliphatic carbocycles. The predicted octanol–water partition coefficient (Wildman–Crippen LogP) is 4.56. The van der Waals surface area contributed by atoms with E-state index in [9.17, 15) is 14.4 Å². The van der Waals surface area contributed by atoms with E-state index in [4.69, 9.17) is 10.6 Å². The monoisotopic (exact) mass is 520 g/mol. The summed E-state index contributed by atoms with van der Waals surface area (Å²) in [5, 5.41) is 5.52. The van der Waals surface area contributed by atoms with Crippen LogP contribution in [-0.4, -0.2) is 41.0 Å². The van der Waals surface area contributed by atoms with Crippen LogP contribution >= 0.6 is 0 Å². The molecule has 4 aromatic carbocycles. The van der Waals surface area contributed by atoms with Gasteiger partial charge in [0.15, 0.2) is 5.54 Å². The Morgan fingerprint density at radius 3 is 2.26 bits per heavy atom. The molecular formula is C31H28N4O4. The summed E-state index contributed by atoms with van der Waals surface area (Å²) >= 11 is 0. The zero-order valence-corrected chi connectivity index (χ0v) is 21.5. The first-order valence-electron chi connectivity index (χ1n) is 12.5. The van der Waals surface area contributed by atoms with Crippen LogP contribution in [-0.2, 0) is 33.0 Å². The third kappa shape index (κ3) is 4.84. The van der Waals surface area contributed by atoms with Gasteiger partial charge >= 0.3 is 12.0 Å². The number of amides is 3. The molecule has 2 N–H and O–H groups in total. The van der Waals surface area contributed by atoms with Gasteiger partial charge in [0.25, 0.3) is 5.91 Å². The van der Waals surface area contributed by atoms with Gasteiger partial charge in [-0.1, -0.05) is 84.9 Å². The van der Waals surface area contributed by atoms with Gasteiger partial charge in [0.05, 0.1) is 26.3 Å². The maximum atomic E-state index is 14.3. The molecule has 0 radical (unpaired) electrons. The molecule has 5 rings (SSSR count). The van der Waals surface area contributed by atoms with E-state index < -0.39 is 23.4 Å². The molecule has 1 aliphatic rings. The Labute approximate surface area is 226 Å². The van der Waals surface area contributed by atoms with Crippen LogP contribution in [0, 0.1) is 0 Å². The molecule has 0 aromatic heterocycles. The number of hydrogen-bond acceptors (Lipinski definition) is 6. The number of fused-ring (bicyclic) bond motifs is 1. The van der Waals surface area contributed by atoms with Gasteiger partial charge in [0.1, 0.15) is 0 Å². The van der Waals surface area contributed by atoms with Crippen LogP contribution in [0.3, 0.4) is 0 Å². The molecule has 1 fully saturated rings. The van der Waals surface area contributed by atoms with Crippen molar-refractivity contribution in [3.8, 4) is 0 Å². The first-order valence-corrected chi connectivity index (χ1v) is 12.5. The molecule has 39 heavy (non-hydrogen) atoms. The third-order valence-corrected chi connectivity index (χ3v) is 7.08. The highest BCUT2D eigenvalue weighted by Crippen LogP contribution is 2.42. The highest BCUT2D eigenvalue weighted by atomic mass is 16.5. The summed E-state index contributed by atoms with van der Waals surface area (Å²) in [7, 11) is 1.28. The summed E-state index contributed by atoms with van der Waals surface area (Å²) in [6, 6.07) is 29.5. The van der Waals surface area contributed by atoms with Crippen molar-refractivity contribution >= 4 is 34.9 Å². The van der Waals surface area contributed by atoms with Crippen molar-refractivity contribution in [1.82, 2.24) is 9.80 Å². The molecule has 4 aromatic rings. The minimum atomic E-state index is -1.55. The lowest BCUT2D eigenvalue weighted by Gasteiger charge is -2.35. The van der Waals surface area contributed by atoms with Crippen molar-refractivity contribution in [3.63, 3.8) is 0 Å². The lowest BCUT2D eigenvalue weighted by molar-refractivity contribution is -0.148. The van der Waals surface area contributed by atoms with Gasteiger partial charge < -0.3 is 15.5 Å². The molecule has 0 spiro atoms. The van der Waals surface area contributed by atoms with Crippen molar-refractivity contribution in [2.75, 3.05) is 7.11 Å². The summed E-state index contributed by atoms with van der Waals surface area (Å²) in [4.78, 5) is 43.8. The second-order valence-corrected chi connectivity index (χ2v) is 9.44. The predicted molar refractivity (Wildman–Crippen MR) is 148 cm³/mol. The molecule has 1 unspecified atom stereocenters. The Kier molecular flexibility index (Phi) is 7.10. The standard InChI is InChI=1S/C31H28N4O4/c1-39-28(36)18-31(27-10-6-3-7-11-27)29(37)34(30(38)35(31)21-22-8-4-2-5-9-22)20-24-13-15-25-14-12-23(19-33-32)16-26(25)17-24/h2-17,19H,18,20-21,32H2,1H3. The summed E-state index contributed by atoms with van der Waals surface area (Å²) in [6.45, 7) is 0.192. The summed E-state index contributed by atoms with van der Waals surface area (Å²) in [5.41, 5.74) is 1.45. The van der Waals surface area contributed by atoms with E-state index in [1.165, 1.54) is 16.9 Å². The van der Waals surface area contributed by atoms with Crippen molar-refractivity contribution in [1.29, 1.82) is 0 Å². The Bertz CT molecular complexity index is 1560. The van der Waals surface area contributed by atoms with Crippen molar-refractivity contribution < 1.29 is 19.1 Å². The normalized spacial score (nSPS) is 17.4. The van der Waals surface area contributed by atoms with Gasteiger partial charge in [0.2, 0.25) is 0 Å². The second kappa shape index (κ2) is 10.8. The lowest BCUT2D eigenvalue weighted by Crippen LogP contribution is -2.48. The summed E-state index contributed by atoms with van der Waals surface area (Å²) in [6.07, 6.45) is 1.25. The Morgan fingerprint density at radius 2 is 1.56 bits per heavy atom. The average Bonchev–Trinajstić information content (AvgIpc) is 3.15. The third-order valence-electron chi connectivity index (χ3n) is 7.08. The maximum absolute atomic E-state index is 14.3. The summed E-state index contributed by atoms with van der Waals surface area (Å²) in [5.74, 6) is 4.26. The van der Waals surface area contributed by atoms with Gasteiger partial charge in [-0.05, 0) is 45.2 Å². The molecule has 8 heteroatoms. The largest absolute Gasteiger partial charge is 0.469 e. The van der Waals surface area contributed by atoms with Crippen molar-refractivity contribution in [3.05, 3.63) is 119 Å². The van der Waals surface area contributed by atoms with E-state index in [1.54, 1.807) is 30.5 Å². The molecule has 196 valence electrons. The van der Waals surface area contributed by atoms with Crippen LogP contribution < -0.4 is 5.84 Å². The number of ether oxygens (including phenoxy) is 1. The SMILES string of the molecule is COC(=O)CC1(c2ccccc2)C(=O)N(Cc2ccc3ccc(C=NN)cc3c2)C(=O)N1Cc1ccccc1. The number of hydrogen-bond donors (Lipinski definition) is 1. The van der Waals surface area contributed by atoms with Crippen LogP contribution in [0.15, 0.2) is 102 Å². The quantitative estimate of drug-likeness (QED) is 0.121. The van der Waals surface area contributed by atoms with Crippen LogP contribution in [0.4, 0.5) is 4.79 Å². The molecule has 0 saturated carbocycles. The highest BCUT2D eigenvalue weighted by molar-refractivity contribution is 6.09. The van der Waals surface area contributed by atoms with Gasteiger partial charge in [-0.3, -0.25) is 14.5 Å². The number of methoxy groups -OCH3 is 1. The second-order valence-electron chi connectivity index (χ2n) is 9.44. The number of hydrazone groups is 1. The van der Waals surface area contributed by atoms with Gasteiger partial charge in [0, 0.05) is 6.54 Å². The number of imide groups is 1. The zero-order valence-electron chi connectivity index (χ0n) is 21.5. The summed E-state index contributed by atoms with van der Waals surface area (Å²) < 4.78 is 5.01. The Hall–Kier alpha value is -4.98. The van der Waals surface area contributed by atoms with E-state index in [0.29, 0.717) is 5.56 Å². The fourth-order valence-electron chi connectivity index (χ4n) is 5.15. The number of rotatable bonds is 8. The number of esters is 1. The van der Waals surface area contributed by atoms with E-state index in [1.807, 2.05) is 72.8 Å². The van der Waals surface area contributed by atoms with E-state index in [2.05, 4.69) is 5.10 Å². The minimum absolute atomic E-state index is 0.0455. The fraction of sp³-hybridized carbons (Fsp3) is 0.161. The van der Waals surface area contributed by atoms with Gasteiger partial charge in [-0.2, -0.15) is 5.10 Å². The van der Waals surface area contributed by atoms with Crippen LogP contribution in [0.25, 0.3) is 10.8 Å². The zero-order chi connectivity index (χ0) is 27.4. The van der Waals surface area contributed by atoms with Crippen LogP contribution in [0.2, 0.25) is 0 Å². The van der Waals surface area contributed by atoms with Crippen LogP contribution in [0.1, 0.15) is 28.7 Å². The molecule has 1 aliphatic heterocycles. The molecule has 1 saturated heterocycles. The first-order chi connectivity index (χ1) is 19.0. The van der Waals surface area contributed by atoms with Crippen molar-refractivity contribution in [2.45, 2.75) is 25.0 Å². The average molecular weight is 521 g/mol. The number of carbonyl (C=O) groups is 3. The topological polar surface area (TPSA) is 105 Å². The number of nitrogens with zero attached hydrogens (tertiary/aromatic N) is 3. The maximum Gasteiger partial charge on any atom is 0.328 e. The molecule has 8 nitrogen and oxygen atoms in total. The molecule has 1 atom stereocenters. The van der Waals surface area contributed by atoms with E-state index in [-0.39, 0.29) is 19.5 Å². The molecule has 3 amide bonds. The Morgan fingerprint density at radius 1 is 0.872 bits per heavy atom.